The molecule has 3 heteroatoms. The first-order valence-corrected chi connectivity index (χ1v) is 4.95. The van der Waals surface area contributed by atoms with E-state index >= 15 is 0 Å². The average Bonchev–Trinajstić information content (AvgIpc) is 2.64. The second-order valence-corrected chi connectivity index (χ2v) is 3.57. The summed E-state index contributed by atoms with van der Waals surface area (Å²) >= 11 is 1.72. The Kier molecular flexibility index (Phi) is 4.26. The lowest BCUT2D eigenvalue weighted by atomic mass is 10.3. The number of carbonyl (C=O) groups excluding carboxylic acids is 1. The second kappa shape index (κ2) is 5.54. The maximum atomic E-state index is 10.7. The molecule has 0 atom stereocenters. The van der Waals surface area contributed by atoms with Crippen LogP contribution < -0.4 is 0 Å². The molecule has 0 N–H and O–H groups in total. The molecule has 1 aromatic rings. The minimum Gasteiger partial charge on any atom is -0.469 e. The summed E-state index contributed by atoms with van der Waals surface area (Å²) in [5, 5.41) is 2.05. The summed E-state index contributed by atoms with van der Waals surface area (Å²) in [5.41, 5.74) is 0. The lowest BCUT2D eigenvalue weighted by Crippen LogP contribution is -1.96. The summed E-state index contributed by atoms with van der Waals surface area (Å²) in [7, 11) is 1.40. The predicted octanol–water partition coefficient (Wildman–Crippen LogP) is 2.41. The third kappa shape index (κ3) is 3.90. The van der Waals surface area contributed by atoms with Crippen LogP contribution in [0.25, 0.3) is 0 Å². The molecule has 0 aliphatic rings. The van der Waals surface area contributed by atoms with E-state index in [2.05, 4.69) is 10.8 Å². The number of rotatable bonds is 4. The van der Waals surface area contributed by atoms with Gasteiger partial charge in [0.1, 0.15) is 0 Å². The standard InChI is InChI=1S/C10H12O2S/c1-12-10(11)7-3-2-5-9-6-4-8-13-9/h2-4,6,8H,5,7H2,1H3/b3-2-. The Balaban J connectivity index is 2.23. The normalized spacial score (nSPS) is 10.5. The molecule has 1 rings (SSSR count). The third-order valence-corrected chi connectivity index (χ3v) is 2.48. The van der Waals surface area contributed by atoms with Crippen LogP contribution in [0.5, 0.6) is 0 Å². The minimum absolute atomic E-state index is 0.192. The van der Waals surface area contributed by atoms with Crippen LogP contribution in [0.4, 0.5) is 0 Å². The SMILES string of the molecule is COC(=O)C/C=C\Cc1cccs1. The predicted molar refractivity (Wildman–Crippen MR) is 53.8 cm³/mol. The van der Waals surface area contributed by atoms with Gasteiger partial charge in [-0.3, -0.25) is 4.79 Å². The van der Waals surface area contributed by atoms with Crippen molar-refractivity contribution in [2.24, 2.45) is 0 Å². The number of hydrogen-bond donors (Lipinski definition) is 0. The van der Waals surface area contributed by atoms with E-state index in [-0.39, 0.29) is 5.97 Å². The first-order chi connectivity index (χ1) is 6.33. The molecule has 0 aromatic carbocycles. The summed E-state index contributed by atoms with van der Waals surface area (Å²) in [4.78, 5) is 12.0. The van der Waals surface area contributed by atoms with Crippen molar-refractivity contribution in [1.82, 2.24) is 0 Å². The molecule has 0 saturated carbocycles. The van der Waals surface area contributed by atoms with E-state index in [1.807, 2.05) is 23.6 Å². The highest BCUT2D eigenvalue weighted by Gasteiger charge is 1.93. The fraction of sp³-hybridized carbons (Fsp3) is 0.300. The van der Waals surface area contributed by atoms with Crippen LogP contribution in [0.15, 0.2) is 29.7 Å². The molecule has 0 unspecified atom stereocenters. The Morgan fingerprint density at radius 1 is 1.62 bits per heavy atom. The van der Waals surface area contributed by atoms with Gasteiger partial charge in [-0.1, -0.05) is 18.2 Å². The zero-order chi connectivity index (χ0) is 9.52. The van der Waals surface area contributed by atoms with Crippen molar-refractivity contribution in [2.45, 2.75) is 12.8 Å². The summed E-state index contributed by atoms with van der Waals surface area (Å²) in [5.74, 6) is -0.192. The molecule has 0 aliphatic heterocycles. The van der Waals surface area contributed by atoms with Gasteiger partial charge in [0, 0.05) is 4.88 Å². The van der Waals surface area contributed by atoms with E-state index in [1.54, 1.807) is 11.3 Å². The summed E-state index contributed by atoms with van der Waals surface area (Å²) < 4.78 is 4.50. The molecule has 1 aromatic heterocycles. The molecular formula is C10H12O2S. The molecule has 0 spiro atoms. The molecule has 0 fully saturated rings. The van der Waals surface area contributed by atoms with Gasteiger partial charge in [-0.15, -0.1) is 11.3 Å². The Morgan fingerprint density at radius 2 is 2.46 bits per heavy atom. The zero-order valence-electron chi connectivity index (χ0n) is 7.53. The second-order valence-electron chi connectivity index (χ2n) is 2.54. The molecule has 13 heavy (non-hydrogen) atoms. The Bertz CT molecular complexity index is 275. The van der Waals surface area contributed by atoms with Crippen molar-refractivity contribution >= 4 is 17.3 Å². The molecule has 0 aliphatic carbocycles. The van der Waals surface area contributed by atoms with Crippen molar-refractivity contribution in [3.63, 3.8) is 0 Å². The number of allylic oxidation sites excluding steroid dienone is 1. The van der Waals surface area contributed by atoms with Gasteiger partial charge in [-0.2, -0.15) is 0 Å². The van der Waals surface area contributed by atoms with Crippen LogP contribution >= 0.6 is 11.3 Å². The maximum absolute atomic E-state index is 10.7. The van der Waals surface area contributed by atoms with Crippen molar-refractivity contribution in [2.75, 3.05) is 7.11 Å². The van der Waals surface area contributed by atoms with Crippen LogP contribution in [0.1, 0.15) is 11.3 Å². The fourth-order valence-electron chi connectivity index (χ4n) is 0.891. The monoisotopic (exact) mass is 196 g/mol. The maximum Gasteiger partial charge on any atom is 0.309 e. The number of carbonyl (C=O) groups is 1. The highest BCUT2D eigenvalue weighted by Crippen LogP contribution is 2.09. The number of thiophene rings is 1. The highest BCUT2D eigenvalue weighted by atomic mass is 32.1. The van der Waals surface area contributed by atoms with Crippen molar-refractivity contribution in [3.8, 4) is 0 Å². The number of esters is 1. The molecule has 0 saturated heterocycles. The molecule has 0 bridgehead atoms. The largest absolute Gasteiger partial charge is 0.469 e. The van der Waals surface area contributed by atoms with E-state index in [9.17, 15) is 4.79 Å². The van der Waals surface area contributed by atoms with Gasteiger partial charge in [0.15, 0.2) is 0 Å². The Labute approximate surface area is 81.8 Å². The van der Waals surface area contributed by atoms with Gasteiger partial charge < -0.3 is 4.74 Å². The van der Waals surface area contributed by atoms with Crippen LogP contribution in [0.3, 0.4) is 0 Å². The third-order valence-electron chi connectivity index (χ3n) is 1.58. The van der Waals surface area contributed by atoms with Gasteiger partial charge >= 0.3 is 5.97 Å². The van der Waals surface area contributed by atoms with Crippen LogP contribution in [-0.2, 0) is 16.0 Å². The van der Waals surface area contributed by atoms with Gasteiger partial charge in [0.05, 0.1) is 13.5 Å². The first-order valence-electron chi connectivity index (χ1n) is 4.07. The van der Waals surface area contributed by atoms with Gasteiger partial charge in [-0.05, 0) is 17.9 Å². The Hall–Kier alpha value is -1.09. The van der Waals surface area contributed by atoms with E-state index in [4.69, 9.17) is 0 Å². The van der Waals surface area contributed by atoms with Crippen molar-refractivity contribution in [3.05, 3.63) is 34.5 Å². The van der Waals surface area contributed by atoms with E-state index in [1.165, 1.54) is 12.0 Å². The topological polar surface area (TPSA) is 26.3 Å². The summed E-state index contributed by atoms with van der Waals surface area (Å²) in [6, 6.07) is 4.10. The van der Waals surface area contributed by atoms with Crippen LogP contribution in [-0.4, -0.2) is 13.1 Å². The number of ether oxygens (including phenoxy) is 1. The highest BCUT2D eigenvalue weighted by molar-refractivity contribution is 7.09. The van der Waals surface area contributed by atoms with Gasteiger partial charge in [0.25, 0.3) is 0 Å². The molecule has 70 valence electrons. The quantitative estimate of drug-likeness (QED) is 0.546. The molecular weight excluding hydrogens is 184 g/mol. The molecule has 1 heterocycles. The molecule has 0 radical (unpaired) electrons. The smallest absolute Gasteiger partial charge is 0.309 e. The molecule has 0 amide bonds. The van der Waals surface area contributed by atoms with Crippen molar-refractivity contribution < 1.29 is 9.53 Å². The van der Waals surface area contributed by atoms with E-state index < -0.39 is 0 Å². The number of methoxy groups -OCH3 is 1. The lowest BCUT2D eigenvalue weighted by Gasteiger charge is -1.91. The summed E-state index contributed by atoms with van der Waals surface area (Å²) in [6.45, 7) is 0. The fourth-order valence-corrected chi connectivity index (χ4v) is 1.57. The van der Waals surface area contributed by atoms with E-state index in [0.717, 1.165) is 6.42 Å². The zero-order valence-corrected chi connectivity index (χ0v) is 8.34. The van der Waals surface area contributed by atoms with Gasteiger partial charge in [-0.25, -0.2) is 0 Å². The van der Waals surface area contributed by atoms with E-state index in [0.29, 0.717) is 6.42 Å². The average molecular weight is 196 g/mol. The van der Waals surface area contributed by atoms with Crippen LogP contribution in [0.2, 0.25) is 0 Å². The molecule has 2 nitrogen and oxygen atoms in total. The van der Waals surface area contributed by atoms with Crippen molar-refractivity contribution in [1.29, 1.82) is 0 Å². The summed E-state index contributed by atoms with van der Waals surface area (Å²) in [6.07, 6.45) is 5.09. The lowest BCUT2D eigenvalue weighted by molar-refractivity contribution is -0.139. The minimum atomic E-state index is -0.192. The van der Waals surface area contributed by atoms with Crippen LogP contribution in [0, 0.1) is 0 Å². The Morgan fingerprint density at radius 3 is 3.08 bits per heavy atom. The number of hydrogen-bond acceptors (Lipinski definition) is 3. The first kappa shape index (κ1) is 9.99. The van der Waals surface area contributed by atoms with Gasteiger partial charge in [0.2, 0.25) is 0 Å².